The van der Waals surface area contributed by atoms with Crippen LogP contribution in [0.1, 0.15) is 18.1 Å². The van der Waals surface area contributed by atoms with Crippen LogP contribution in [0.4, 0.5) is 0 Å². The van der Waals surface area contributed by atoms with E-state index in [0.717, 1.165) is 13.0 Å². The second kappa shape index (κ2) is 5.34. The van der Waals surface area contributed by atoms with Crippen LogP contribution in [0, 0.1) is 11.3 Å². The Labute approximate surface area is 79.2 Å². The Bertz CT molecular complexity index is 282. The SMILES string of the molecule is CCc1ccc(CNCC#N)cc1. The van der Waals surface area contributed by atoms with Crippen LogP contribution in [0.15, 0.2) is 24.3 Å². The van der Waals surface area contributed by atoms with Crippen LogP contribution in [0.2, 0.25) is 0 Å². The molecule has 0 aromatic heterocycles. The zero-order chi connectivity index (χ0) is 9.52. The molecule has 0 unspecified atom stereocenters. The second-order valence-electron chi connectivity index (χ2n) is 2.93. The molecular weight excluding hydrogens is 160 g/mol. The highest BCUT2D eigenvalue weighted by atomic mass is 14.8. The maximum Gasteiger partial charge on any atom is 0.0843 e. The van der Waals surface area contributed by atoms with E-state index in [4.69, 9.17) is 5.26 Å². The molecule has 13 heavy (non-hydrogen) atoms. The largest absolute Gasteiger partial charge is 0.300 e. The molecule has 1 aromatic carbocycles. The van der Waals surface area contributed by atoms with Crippen molar-refractivity contribution in [3.05, 3.63) is 35.4 Å². The van der Waals surface area contributed by atoms with E-state index in [1.165, 1.54) is 11.1 Å². The Balaban J connectivity index is 2.45. The van der Waals surface area contributed by atoms with E-state index in [1.807, 2.05) is 6.07 Å². The minimum Gasteiger partial charge on any atom is -0.300 e. The molecule has 1 N–H and O–H groups in total. The van der Waals surface area contributed by atoms with Gasteiger partial charge in [0.25, 0.3) is 0 Å². The Hall–Kier alpha value is -1.33. The molecule has 0 fully saturated rings. The van der Waals surface area contributed by atoms with Crippen LogP contribution in [0.5, 0.6) is 0 Å². The van der Waals surface area contributed by atoms with E-state index in [0.29, 0.717) is 6.54 Å². The van der Waals surface area contributed by atoms with Crippen LogP contribution in [0.25, 0.3) is 0 Å². The summed E-state index contributed by atoms with van der Waals surface area (Å²) in [5.74, 6) is 0. The minimum absolute atomic E-state index is 0.412. The first-order valence-electron chi connectivity index (χ1n) is 4.52. The quantitative estimate of drug-likeness (QED) is 0.558. The summed E-state index contributed by atoms with van der Waals surface area (Å²) in [4.78, 5) is 0. The summed E-state index contributed by atoms with van der Waals surface area (Å²) in [6.45, 7) is 3.33. The van der Waals surface area contributed by atoms with Crippen molar-refractivity contribution < 1.29 is 0 Å². The van der Waals surface area contributed by atoms with Gasteiger partial charge >= 0.3 is 0 Å². The molecule has 0 spiro atoms. The maximum atomic E-state index is 8.31. The van der Waals surface area contributed by atoms with Gasteiger partial charge in [-0.05, 0) is 17.5 Å². The first kappa shape index (κ1) is 9.76. The van der Waals surface area contributed by atoms with Gasteiger partial charge in [0.2, 0.25) is 0 Å². The fourth-order valence-electron chi connectivity index (χ4n) is 1.16. The molecule has 2 heteroatoms. The Morgan fingerprint density at radius 1 is 1.23 bits per heavy atom. The Morgan fingerprint density at radius 2 is 1.85 bits per heavy atom. The number of nitrogens with one attached hydrogen (secondary N) is 1. The molecule has 0 bridgehead atoms. The zero-order valence-corrected chi connectivity index (χ0v) is 7.88. The van der Waals surface area contributed by atoms with Crippen molar-refractivity contribution in [1.82, 2.24) is 5.32 Å². The summed E-state index contributed by atoms with van der Waals surface area (Å²) in [6.07, 6.45) is 1.08. The average molecular weight is 174 g/mol. The van der Waals surface area contributed by atoms with Crippen LogP contribution < -0.4 is 5.32 Å². The number of nitriles is 1. The number of benzene rings is 1. The third-order valence-electron chi connectivity index (χ3n) is 1.96. The summed E-state index contributed by atoms with van der Waals surface area (Å²) in [6, 6.07) is 10.5. The van der Waals surface area contributed by atoms with Gasteiger partial charge < -0.3 is 5.32 Å². The van der Waals surface area contributed by atoms with E-state index in [9.17, 15) is 0 Å². The first-order valence-corrected chi connectivity index (χ1v) is 4.52. The lowest BCUT2D eigenvalue weighted by atomic mass is 10.1. The average Bonchev–Trinajstić information content (AvgIpc) is 2.19. The maximum absolute atomic E-state index is 8.31. The minimum atomic E-state index is 0.412. The fraction of sp³-hybridized carbons (Fsp3) is 0.364. The molecule has 1 rings (SSSR count). The van der Waals surface area contributed by atoms with Crippen molar-refractivity contribution in [3.63, 3.8) is 0 Å². The summed E-state index contributed by atoms with van der Waals surface area (Å²) in [7, 11) is 0. The van der Waals surface area contributed by atoms with Crippen LogP contribution in [-0.4, -0.2) is 6.54 Å². The highest BCUT2D eigenvalue weighted by Crippen LogP contribution is 2.04. The van der Waals surface area contributed by atoms with Gasteiger partial charge in [-0.15, -0.1) is 0 Å². The van der Waals surface area contributed by atoms with Gasteiger partial charge in [0.15, 0.2) is 0 Å². The highest BCUT2D eigenvalue weighted by molar-refractivity contribution is 5.22. The lowest BCUT2D eigenvalue weighted by Crippen LogP contribution is -2.12. The van der Waals surface area contributed by atoms with Crippen molar-refractivity contribution in [2.75, 3.05) is 6.54 Å². The second-order valence-corrected chi connectivity index (χ2v) is 2.93. The van der Waals surface area contributed by atoms with Gasteiger partial charge in [-0.2, -0.15) is 5.26 Å². The summed E-state index contributed by atoms with van der Waals surface area (Å²) >= 11 is 0. The molecule has 68 valence electrons. The van der Waals surface area contributed by atoms with E-state index in [1.54, 1.807) is 0 Å². The van der Waals surface area contributed by atoms with Crippen molar-refractivity contribution >= 4 is 0 Å². The number of hydrogen-bond acceptors (Lipinski definition) is 2. The number of nitrogens with zero attached hydrogens (tertiary/aromatic N) is 1. The number of rotatable bonds is 4. The molecule has 0 amide bonds. The number of hydrogen-bond donors (Lipinski definition) is 1. The van der Waals surface area contributed by atoms with Crippen molar-refractivity contribution in [1.29, 1.82) is 5.26 Å². The normalized spacial score (nSPS) is 9.54. The van der Waals surface area contributed by atoms with Crippen molar-refractivity contribution in [2.24, 2.45) is 0 Å². The lowest BCUT2D eigenvalue weighted by molar-refractivity contribution is 0.765. The summed E-state index contributed by atoms with van der Waals surface area (Å²) < 4.78 is 0. The molecular formula is C11H14N2. The zero-order valence-electron chi connectivity index (χ0n) is 7.88. The first-order chi connectivity index (χ1) is 6.36. The van der Waals surface area contributed by atoms with Gasteiger partial charge in [-0.3, -0.25) is 0 Å². The van der Waals surface area contributed by atoms with Crippen molar-refractivity contribution in [3.8, 4) is 6.07 Å². The molecule has 0 aliphatic rings. The van der Waals surface area contributed by atoms with E-state index < -0.39 is 0 Å². The molecule has 0 saturated heterocycles. The standard InChI is InChI=1S/C11H14N2/c1-2-10-3-5-11(6-4-10)9-13-8-7-12/h3-6,13H,2,8-9H2,1H3. The molecule has 0 heterocycles. The summed E-state index contributed by atoms with van der Waals surface area (Å²) in [5, 5.41) is 11.3. The smallest absolute Gasteiger partial charge is 0.0843 e. The van der Waals surface area contributed by atoms with Gasteiger partial charge in [0, 0.05) is 6.54 Å². The lowest BCUT2D eigenvalue weighted by Gasteiger charge is -2.01. The van der Waals surface area contributed by atoms with Crippen LogP contribution in [0.3, 0.4) is 0 Å². The van der Waals surface area contributed by atoms with E-state index in [-0.39, 0.29) is 0 Å². The van der Waals surface area contributed by atoms with Gasteiger partial charge in [-0.1, -0.05) is 31.2 Å². The molecule has 2 nitrogen and oxygen atoms in total. The van der Waals surface area contributed by atoms with Crippen LogP contribution >= 0.6 is 0 Å². The molecule has 1 aromatic rings. The Morgan fingerprint density at radius 3 is 2.38 bits per heavy atom. The number of aryl methyl sites for hydroxylation is 1. The highest BCUT2D eigenvalue weighted by Gasteiger charge is 1.92. The third kappa shape index (κ3) is 3.27. The monoisotopic (exact) mass is 174 g/mol. The molecule has 0 atom stereocenters. The van der Waals surface area contributed by atoms with E-state index in [2.05, 4.69) is 36.5 Å². The van der Waals surface area contributed by atoms with Gasteiger partial charge in [0.05, 0.1) is 12.6 Å². The third-order valence-corrected chi connectivity index (χ3v) is 1.96. The Kier molecular flexibility index (Phi) is 4.01. The van der Waals surface area contributed by atoms with Crippen molar-refractivity contribution in [2.45, 2.75) is 19.9 Å². The molecule has 0 saturated carbocycles. The van der Waals surface area contributed by atoms with Crippen LogP contribution in [-0.2, 0) is 13.0 Å². The summed E-state index contributed by atoms with van der Waals surface area (Å²) in [5.41, 5.74) is 2.58. The fourth-order valence-corrected chi connectivity index (χ4v) is 1.16. The predicted molar refractivity (Wildman–Crippen MR) is 53.1 cm³/mol. The molecule has 0 aliphatic carbocycles. The molecule has 0 radical (unpaired) electrons. The van der Waals surface area contributed by atoms with E-state index >= 15 is 0 Å². The predicted octanol–water partition coefficient (Wildman–Crippen LogP) is 1.86. The molecule has 0 aliphatic heterocycles. The van der Waals surface area contributed by atoms with Gasteiger partial charge in [-0.25, -0.2) is 0 Å². The van der Waals surface area contributed by atoms with Gasteiger partial charge in [0.1, 0.15) is 0 Å². The topological polar surface area (TPSA) is 35.8 Å².